The van der Waals surface area contributed by atoms with Crippen molar-refractivity contribution in [1.82, 2.24) is 4.90 Å². The monoisotopic (exact) mass is 495 g/mol. The summed E-state index contributed by atoms with van der Waals surface area (Å²) in [7, 11) is 2.25. The fourth-order valence-electron chi connectivity index (χ4n) is 5.24. The Morgan fingerprint density at radius 2 is 1.22 bits per heavy atom. The van der Waals surface area contributed by atoms with E-state index >= 15 is 0 Å². The van der Waals surface area contributed by atoms with E-state index in [0.717, 1.165) is 26.0 Å². The lowest BCUT2D eigenvalue weighted by Crippen LogP contribution is -2.48. The minimum Gasteiger partial charge on any atom is -0.374 e. The third-order valence-electron chi connectivity index (χ3n) is 7.34. The second kappa shape index (κ2) is 16.9. The van der Waals surface area contributed by atoms with Crippen LogP contribution in [0.3, 0.4) is 0 Å². The van der Waals surface area contributed by atoms with Crippen molar-refractivity contribution in [2.24, 2.45) is 0 Å². The summed E-state index contributed by atoms with van der Waals surface area (Å²) in [6.45, 7) is 7.62. The molecule has 0 unspecified atom stereocenters. The highest BCUT2D eigenvalue weighted by atomic mass is 16.6. The molecular formula is C32H49NO3. The quantitative estimate of drug-likeness (QED) is 0.202. The fraction of sp³-hybridized carbons (Fsp3) is 0.625. The summed E-state index contributed by atoms with van der Waals surface area (Å²) in [5, 5.41) is 0. The summed E-state index contributed by atoms with van der Waals surface area (Å²) < 4.78 is 19.8. The van der Waals surface area contributed by atoms with Crippen LogP contribution in [0.25, 0.3) is 0 Å². The number of likely N-dealkylation sites (N-methyl/N-ethyl adjacent to an activating group) is 1. The number of ether oxygens (including phenoxy) is 3. The molecule has 4 atom stereocenters. The lowest BCUT2D eigenvalue weighted by Gasteiger charge is -2.34. The zero-order valence-corrected chi connectivity index (χ0v) is 22.9. The lowest BCUT2D eigenvalue weighted by atomic mass is 10.1. The molecule has 0 aliphatic heterocycles. The van der Waals surface area contributed by atoms with E-state index in [1.807, 2.05) is 0 Å². The molecule has 0 heterocycles. The molecule has 0 N–H and O–H groups in total. The van der Waals surface area contributed by atoms with Crippen molar-refractivity contribution in [2.45, 2.75) is 109 Å². The zero-order chi connectivity index (χ0) is 25.4. The Bertz CT molecular complexity index is 800. The standard InChI is InChI=1S/C32H49NO3/c1-4-6-8-9-17-23-34-32-30(36-26-28-20-14-11-15-21-28)24-29(31(32)33(3)22-16-7-5-2)35-25-27-18-12-10-13-19-27/h10-15,18-21,29-32H,4-9,16-17,22-26H2,1-3H3/t29-,30+,31+,32+/m1/s1. The topological polar surface area (TPSA) is 30.9 Å². The van der Waals surface area contributed by atoms with Gasteiger partial charge in [0.1, 0.15) is 6.10 Å². The van der Waals surface area contributed by atoms with Gasteiger partial charge in [0.2, 0.25) is 0 Å². The Balaban J connectivity index is 1.70. The van der Waals surface area contributed by atoms with Crippen LogP contribution in [0.4, 0.5) is 0 Å². The van der Waals surface area contributed by atoms with Crippen molar-refractivity contribution in [3.8, 4) is 0 Å². The summed E-state index contributed by atoms with van der Waals surface area (Å²) >= 11 is 0. The molecule has 0 saturated heterocycles. The predicted molar refractivity (Wildman–Crippen MR) is 149 cm³/mol. The van der Waals surface area contributed by atoms with Gasteiger partial charge in [-0.15, -0.1) is 0 Å². The van der Waals surface area contributed by atoms with Gasteiger partial charge in [0, 0.05) is 13.0 Å². The van der Waals surface area contributed by atoms with Crippen molar-refractivity contribution in [2.75, 3.05) is 20.2 Å². The van der Waals surface area contributed by atoms with Gasteiger partial charge in [-0.1, -0.05) is 113 Å². The Labute approximate surface area is 220 Å². The van der Waals surface area contributed by atoms with Crippen LogP contribution in [0.15, 0.2) is 60.7 Å². The Morgan fingerprint density at radius 3 is 1.83 bits per heavy atom. The first-order valence-corrected chi connectivity index (χ1v) is 14.4. The Morgan fingerprint density at radius 1 is 0.667 bits per heavy atom. The number of unbranched alkanes of at least 4 members (excludes halogenated alkanes) is 6. The maximum absolute atomic E-state index is 6.66. The van der Waals surface area contributed by atoms with Crippen LogP contribution < -0.4 is 0 Å². The van der Waals surface area contributed by atoms with Crippen molar-refractivity contribution in [3.05, 3.63) is 71.8 Å². The molecule has 0 radical (unpaired) electrons. The van der Waals surface area contributed by atoms with E-state index in [-0.39, 0.29) is 24.4 Å². The molecular weight excluding hydrogens is 446 g/mol. The molecule has 0 spiro atoms. The smallest absolute Gasteiger partial charge is 0.102 e. The predicted octanol–water partition coefficient (Wildman–Crippen LogP) is 7.41. The minimum absolute atomic E-state index is 0.0206. The van der Waals surface area contributed by atoms with E-state index in [4.69, 9.17) is 14.2 Å². The number of benzene rings is 2. The van der Waals surface area contributed by atoms with Crippen molar-refractivity contribution < 1.29 is 14.2 Å². The van der Waals surface area contributed by atoms with Crippen LogP contribution in [-0.2, 0) is 27.4 Å². The average molecular weight is 496 g/mol. The normalized spacial score (nSPS) is 21.9. The van der Waals surface area contributed by atoms with E-state index < -0.39 is 0 Å². The van der Waals surface area contributed by atoms with Crippen LogP contribution in [-0.4, -0.2) is 49.5 Å². The summed E-state index contributed by atoms with van der Waals surface area (Å²) in [5.41, 5.74) is 2.42. The van der Waals surface area contributed by atoms with Gasteiger partial charge in [0.05, 0.1) is 31.5 Å². The van der Waals surface area contributed by atoms with Crippen molar-refractivity contribution in [3.63, 3.8) is 0 Å². The van der Waals surface area contributed by atoms with Gasteiger partial charge in [-0.2, -0.15) is 0 Å². The SMILES string of the molecule is CCCCCCCO[C@@H]1[C@@H](N(C)CCCCC)[C@H](OCc2ccccc2)C[C@@H]1OCc1ccccc1. The van der Waals surface area contributed by atoms with Crippen LogP contribution >= 0.6 is 0 Å². The average Bonchev–Trinajstić information content (AvgIpc) is 3.26. The number of rotatable bonds is 18. The molecule has 200 valence electrons. The van der Waals surface area contributed by atoms with E-state index in [1.54, 1.807) is 0 Å². The molecule has 1 saturated carbocycles. The molecule has 1 aliphatic rings. The number of hydrogen-bond acceptors (Lipinski definition) is 4. The lowest BCUT2D eigenvalue weighted by molar-refractivity contribution is -0.0898. The van der Waals surface area contributed by atoms with Crippen molar-refractivity contribution in [1.29, 1.82) is 0 Å². The molecule has 3 rings (SSSR count). The second-order valence-electron chi connectivity index (χ2n) is 10.3. The van der Waals surface area contributed by atoms with Gasteiger partial charge in [-0.25, -0.2) is 0 Å². The highest BCUT2D eigenvalue weighted by Gasteiger charge is 2.47. The molecule has 0 bridgehead atoms. The first-order valence-electron chi connectivity index (χ1n) is 14.4. The maximum atomic E-state index is 6.66. The van der Waals surface area contributed by atoms with Gasteiger partial charge >= 0.3 is 0 Å². The molecule has 4 heteroatoms. The van der Waals surface area contributed by atoms with Gasteiger partial charge < -0.3 is 14.2 Å². The van der Waals surface area contributed by atoms with E-state index in [1.165, 1.54) is 56.1 Å². The zero-order valence-electron chi connectivity index (χ0n) is 22.9. The molecule has 1 fully saturated rings. The van der Waals surface area contributed by atoms with Gasteiger partial charge in [-0.3, -0.25) is 4.90 Å². The minimum atomic E-state index is 0.0206. The number of hydrogen-bond donors (Lipinski definition) is 0. The first-order chi connectivity index (χ1) is 17.7. The summed E-state index contributed by atoms with van der Waals surface area (Å²) in [4.78, 5) is 2.49. The van der Waals surface area contributed by atoms with Crippen LogP contribution in [0.1, 0.15) is 82.8 Å². The fourth-order valence-corrected chi connectivity index (χ4v) is 5.24. The molecule has 2 aromatic rings. The molecule has 4 nitrogen and oxygen atoms in total. The van der Waals surface area contributed by atoms with Crippen LogP contribution in [0, 0.1) is 0 Å². The molecule has 36 heavy (non-hydrogen) atoms. The molecule has 0 aromatic heterocycles. The Kier molecular flexibility index (Phi) is 13.6. The largest absolute Gasteiger partial charge is 0.374 e. The third kappa shape index (κ3) is 9.63. The molecule has 2 aromatic carbocycles. The van der Waals surface area contributed by atoms with Crippen LogP contribution in [0.2, 0.25) is 0 Å². The van der Waals surface area contributed by atoms with Gasteiger partial charge in [-0.05, 0) is 37.6 Å². The van der Waals surface area contributed by atoms with E-state index in [0.29, 0.717) is 13.2 Å². The highest BCUT2D eigenvalue weighted by Crippen LogP contribution is 2.33. The highest BCUT2D eigenvalue weighted by molar-refractivity contribution is 5.15. The van der Waals surface area contributed by atoms with Gasteiger partial charge in [0.15, 0.2) is 0 Å². The van der Waals surface area contributed by atoms with E-state index in [2.05, 4.69) is 86.5 Å². The second-order valence-corrected chi connectivity index (χ2v) is 10.3. The van der Waals surface area contributed by atoms with Crippen molar-refractivity contribution >= 4 is 0 Å². The third-order valence-corrected chi connectivity index (χ3v) is 7.34. The van der Waals surface area contributed by atoms with E-state index in [9.17, 15) is 0 Å². The molecule has 0 amide bonds. The van der Waals surface area contributed by atoms with Crippen LogP contribution in [0.5, 0.6) is 0 Å². The summed E-state index contributed by atoms with van der Waals surface area (Å²) in [6.07, 6.45) is 10.9. The Hall–Kier alpha value is -1.72. The molecule has 1 aliphatic carbocycles. The number of nitrogens with zero attached hydrogens (tertiary/aromatic N) is 1. The first kappa shape index (κ1) is 28.8. The van der Waals surface area contributed by atoms with Gasteiger partial charge in [0.25, 0.3) is 0 Å². The summed E-state index contributed by atoms with van der Waals surface area (Å²) in [5.74, 6) is 0. The maximum Gasteiger partial charge on any atom is 0.102 e. The summed E-state index contributed by atoms with van der Waals surface area (Å²) in [6, 6.07) is 21.2.